The molecule has 1 fully saturated rings. The van der Waals surface area contributed by atoms with Crippen molar-refractivity contribution in [2.75, 3.05) is 13.2 Å². The Morgan fingerprint density at radius 1 is 1.55 bits per heavy atom. The summed E-state index contributed by atoms with van der Waals surface area (Å²) in [5.41, 5.74) is 0.973. The summed E-state index contributed by atoms with van der Waals surface area (Å²) in [6.07, 6.45) is 5.01. The van der Waals surface area contributed by atoms with Crippen LogP contribution in [0.25, 0.3) is 0 Å². The molecule has 0 unspecified atom stereocenters. The topological polar surface area (TPSA) is 78.5 Å². The molecule has 1 aliphatic heterocycles. The van der Waals surface area contributed by atoms with Crippen LogP contribution < -0.4 is 10.1 Å². The Hall–Kier alpha value is -2.28. The van der Waals surface area contributed by atoms with Gasteiger partial charge in [-0.05, 0) is 18.6 Å². The Labute approximate surface area is 128 Å². The van der Waals surface area contributed by atoms with Crippen molar-refractivity contribution in [1.82, 2.24) is 15.1 Å². The number of amides is 1. The van der Waals surface area contributed by atoms with Gasteiger partial charge >= 0.3 is 0 Å². The molecule has 22 heavy (non-hydrogen) atoms. The fourth-order valence-electron chi connectivity index (χ4n) is 2.41. The molecule has 0 spiro atoms. The van der Waals surface area contributed by atoms with Gasteiger partial charge in [0.1, 0.15) is 11.9 Å². The Kier molecular flexibility index (Phi) is 4.15. The third-order valence-corrected chi connectivity index (χ3v) is 3.63. The zero-order chi connectivity index (χ0) is 15.5. The van der Waals surface area contributed by atoms with Crippen LogP contribution in [0.5, 0.6) is 5.75 Å². The van der Waals surface area contributed by atoms with E-state index in [0.717, 1.165) is 5.56 Å². The van der Waals surface area contributed by atoms with Gasteiger partial charge in [0.25, 0.3) is 0 Å². The zero-order valence-corrected chi connectivity index (χ0v) is 12.6. The van der Waals surface area contributed by atoms with E-state index in [1.807, 2.05) is 20.0 Å². The molecule has 2 aromatic rings. The van der Waals surface area contributed by atoms with E-state index in [0.29, 0.717) is 24.7 Å². The number of rotatable bonds is 5. The fraction of sp³-hybridized carbons (Fsp3) is 0.467. The summed E-state index contributed by atoms with van der Waals surface area (Å²) < 4.78 is 18.2. The van der Waals surface area contributed by atoms with Gasteiger partial charge in [0, 0.05) is 7.05 Å². The molecule has 1 amide bonds. The molecular weight excluding hydrogens is 286 g/mol. The SMILES string of the molecule is Cc1ccoc1CC(=O)N[C@H]1COC[C@H]1Oc1cnn(C)c1. The first-order valence-corrected chi connectivity index (χ1v) is 7.17. The summed E-state index contributed by atoms with van der Waals surface area (Å²) in [6.45, 7) is 2.80. The van der Waals surface area contributed by atoms with E-state index in [2.05, 4.69) is 10.4 Å². The van der Waals surface area contributed by atoms with Crippen molar-refractivity contribution in [3.63, 3.8) is 0 Å². The minimum Gasteiger partial charge on any atom is -0.482 e. The van der Waals surface area contributed by atoms with E-state index in [1.165, 1.54) is 0 Å². The van der Waals surface area contributed by atoms with Crippen molar-refractivity contribution >= 4 is 5.91 Å². The van der Waals surface area contributed by atoms with Gasteiger partial charge in [-0.25, -0.2) is 0 Å². The quantitative estimate of drug-likeness (QED) is 0.885. The number of carbonyl (C=O) groups is 1. The molecular formula is C15H19N3O4. The smallest absolute Gasteiger partial charge is 0.228 e. The third kappa shape index (κ3) is 3.30. The average molecular weight is 305 g/mol. The highest BCUT2D eigenvalue weighted by molar-refractivity contribution is 5.78. The highest BCUT2D eigenvalue weighted by Gasteiger charge is 2.31. The lowest BCUT2D eigenvalue weighted by Gasteiger charge is -2.19. The summed E-state index contributed by atoms with van der Waals surface area (Å²) in [5.74, 6) is 1.24. The monoisotopic (exact) mass is 305 g/mol. The number of nitrogens with zero attached hydrogens (tertiary/aromatic N) is 2. The molecule has 0 saturated carbocycles. The zero-order valence-electron chi connectivity index (χ0n) is 12.6. The van der Waals surface area contributed by atoms with Gasteiger partial charge in [-0.3, -0.25) is 9.48 Å². The molecule has 0 bridgehead atoms. The molecule has 3 rings (SSSR count). The van der Waals surface area contributed by atoms with E-state index in [4.69, 9.17) is 13.9 Å². The number of nitrogens with one attached hydrogen (secondary N) is 1. The first kappa shape index (κ1) is 14.6. The third-order valence-electron chi connectivity index (χ3n) is 3.63. The van der Waals surface area contributed by atoms with Crippen LogP contribution in [0.2, 0.25) is 0 Å². The second-order valence-electron chi connectivity index (χ2n) is 5.42. The van der Waals surface area contributed by atoms with Crippen LogP contribution in [0.3, 0.4) is 0 Å². The van der Waals surface area contributed by atoms with Gasteiger partial charge in [-0.2, -0.15) is 5.10 Å². The van der Waals surface area contributed by atoms with Gasteiger partial charge in [0.05, 0.1) is 44.3 Å². The summed E-state index contributed by atoms with van der Waals surface area (Å²) in [4.78, 5) is 12.1. The molecule has 1 aliphatic rings. The normalized spacial score (nSPS) is 21.0. The van der Waals surface area contributed by atoms with Gasteiger partial charge in [-0.1, -0.05) is 0 Å². The molecule has 7 nitrogen and oxygen atoms in total. The second kappa shape index (κ2) is 6.23. The molecule has 1 saturated heterocycles. The van der Waals surface area contributed by atoms with Gasteiger partial charge in [0.15, 0.2) is 5.75 Å². The number of ether oxygens (including phenoxy) is 2. The van der Waals surface area contributed by atoms with E-state index < -0.39 is 0 Å². The van der Waals surface area contributed by atoms with Crippen molar-refractivity contribution in [1.29, 1.82) is 0 Å². The summed E-state index contributed by atoms with van der Waals surface area (Å²) in [7, 11) is 1.82. The Balaban J connectivity index is 1.56. The Bertz CT molecular complexity index is 649. The van der Waals surface area contributed by atoms with E-state index in [-0.39, 0.29) is 24.5 Å². The number of hydrogen-bond donors (Lipinski definition) is 1. The standard InChI is InChI=1S/C15H19N3O4/c1-10-3-4-21-13(10)5-15(19)17-12-8-20-9-14(12)22-11-6-16-18(2)7-11/h3-4,6-7,12,14H,5,8-9H2,1-2H3,(H,17,19)/t12-,14+/m0/s1. The maximum Gasteiger partial charge on any atom is 0.228 e. The molecule has 2 aromatic heterocycles. The van der Waals surface area contributed by atoms with Crippen molar-refractivity contribution in [3.8, 4) is 5.75 Å². The number of carbonyl (C=O) groups excluding carboxylic acids is 1. The van der Waals surface area contributed by atoms with E-state index in [1.54, 1.807) is 23.3 Å². The highest BCUT2D eigenvalue weighted by Crippen LogP contribution is 2.16. The highest BCUT2D eigenvalue weighted by atomic mass is 16.5. The van der Waals surface area contributed by atoms with Crippen LogP contribution in [-0.2, 0) is 23.0 Å². The Morgan fingerprint density at radius 3 is 3.09 bits per heavy atom. The first-order chi connectivity index (χ1) is 10.6. The summed E-state index contributed by atoms with van der Waals surface area (Å²) >= 11 is 0. The number of aromatic nitrogens is 2. The lowest BCUT2D eigenvalue weighted by Crippen LogP contribution is -2.45. The second-order valence-corrected chi connectivity index (χ2v) is 5.42. The van der Waals surface area contributed by atoms with Crippen LogP contribution in [0.1, 0.15) is 11.3 Å². The van der Waals surface area contributed by atoms with Gasteiger partial charge in [0.2, 0.25) is 5.91 Å². The molecule has 7 heteroatoms. The van der Waals surface area contributed by atoms with Crippen molar-refractivity contribution < 1.29 is 18.7 Å². The fourth-order valence-corrected chi connectivity index (χ4v) is 2.41. The van der Waals surface area contributed by atoms with Crippen molar-refractivity contribution in [3.05, 3.63) is 36.0 Å². The maximum atomic E-state index is 12.1. The summed E-state index contributed by atoms with van der Waals surface area (Å²) in [6, 6.07) is 1.67. The molecule has 0 aliphatic carbocycles. The van der Waals surface area contributed by atoms with Crippen LogP contribution in [0.4, 0.5) is 0 Å². The van der Waals surface area contributed by atoms with Crippen LogP contribution in [0.15, 0.2) is 29.1 Å². The minimum absolute atomic E-state index is 0.103. The number of hydrogen-bond acceptors (Lipinski definition) is 5. The van der Waals surface area contributed by atoms with Crippen LogP contribution in [-0.4, -0.2) is 41.0 Å². The van der Waals surface area contributed by atoms with E-state index >= 15 is 0 Å². The molecule has 3 heterocycles. The molecule has 2 atom stereocenters. The molecule has 0 aromatic carbocycles. The Morgan fingerprint density at radius 2 is 2.41 bits per heavy atom. The van der Waals surface area contributed by atoms with Gasteiger partial charge in [-0.15, -0.1) is 0 Å². The maximum absolute atomic E-state index is 12.1. The molecule has 1 N–H and O–H groups in total. The van der Waals surface area contributed by atoms with Crippen molar-refractivity contribution in [2.45, 2.75) is 25.5 Å². The molecule has 118 valence electrons. The number of aryl methyl sites for hydroxylation is 2. The van der Waals surface area contributed by atoms with E-state index in [9.17, 15) is 4.79 Å². The lowest BCUT2D eigenvalue weighted by molar-refractivity contribution is -0.121. The van der Waals surface area contributed by atoms with Crippen molar-refractivity contribution in [2.24, 2.45) is 7.05 Å². The predicted molar refractivity (Wildman–Crippen MR) is 77.5 cm³/mol. The van der Waals surface area contributed by atoms with Crippen LogP contribution >= 0.6 is 0 Å². The lowest BCUT2D eigenvalue weighted by atomic mass is 10.2. The average Bonchev–Trinajstić information content (AvgIpc) is 3.16. The molecule has 0 radical (unpaired) electrons. The van der Waals surface area contributed by atoms with Gasteiger partial charge < -0.3 is 19.2 Å². The first-order valence-electron chi connectivity index (χ1n) is 7.17. The number of furan rings is 1. The largest absolute Gasteiger partial charge is 0.482 e. The summed E-state index contributed by atoms with van der Waals surface area (Å²) in [5, 5.41) is 7.00. The van der Waals surface area contributed by atoms with Crippen LogP contribution in [0, 0.1) is 6.92 Å². The minimum atomic E-state index is -0.217. The predicted octanol–water partition coefficient (Wildman–Crippen LogP) is 0.827.